The molecule has 1 rings (SSSR count). The second kappa shape index (κ2) is 7.41. The molecule has 0 aromatic heterocycles. The number of aliphatic hydroxyl groups is 1. The molecule has 0 saturated heterocycles. The number of sulfonamides is 1. The van der Waals surface area contributed by atoms with Gasteiger partial charge >= 0.3 is 5.69 Å². The van der Waals surface area contributed by atoms with Crippen molar-refractivity contribution < 1.29 is 22.8 Å². The molecule has 21 heavy (non-hydrogen) atoms. The van der Waals surface area contributed by atoms with Gasteiger partial charge in [-0.2, -0.15) is 4.39 Å². The summed E-state index contributed by atoms with van der Waals surface area (Å²) >= 11 is 0. The van der Waals surface area contributed by atoms with Gasteiger partial charge in [-0.1, -0.05) is 6.07 Å². The molecule has 0 aliphatic carbocycles. The second-order valence-corrected chi connectivity index (χ2v) is 6.03. The number of aliphatic hydroxyl groups excluding tert-OH is 1. The van der Waals surface area contributed by atoms with Crippen molar-refractivity contribution in [3.8, 4) is 0 Å². The van der Waals surface area contributed by atoms with Crippen LogP contribution >= 0.6 is 0 Å². The molecule has 0 amide bonds. The molecule has 1 aromatic rings. The standard InChI is InChI=1S/C11H16FN3O5S/c1-8(16)7-13-5-6-14-21(19,20)10-4-2-3-9(12)11(10)15(17)18/h2-4,8,13-14,16H,5-7H2,1H3. The van der Waals surface area contributed by atoms with E-state index >= 15 is 0 Å². The Bertz CT molecular complexity index is 606. The van der Waals surface area contributed by atoms with Crippen LogP contribution in [0.25, 0.3) is 0 Å². The molecule has 0 heterocycles. The molecular formula is C11H16FN3O5S. The predicted octanol–water partition coefficient (Wildman–Crippen LogP) is -0.0174. The first kappa shape index (κ1) is 17.4. The maximum Gasteiger partial charge on any atom is 0.324 e. The molecule has 0 saturated carbocycles. The quantitative estimate of drug-likeness (QED) is 0.351. The summed E-state index contributed by atoms with van der Waals surface area (Å²) in [5.41, 5.74) is -1.08. The highest BCUT2D eigenvalue weighted by Crippen LogP contribution is 2.26. The number of halogens is 1. The molecule has 3 N–H and O–H groups in total. The SMILES string of the molecule is CC(O)CNCCNS(=O)(=O)c1cccc(F)c1[N+](=O)[O-]. The highest BCUT2D eigenvalue weighted by Gasteiger charge is 2.28. The lowest BCUT2D eigenvalue weighted by atomic mass is 10.3. The number of hydrogen-bond donors (Lipinski definition) is 3. The Hall–Kier alpha value is -1.62. The number of para-hydroxylation sites is 1. The number of rotatable bonds is 8. The van der Waals surface area contributed by atoms with Gasteiger partial charge in [-0.05, 0) is 19.1 Å². The van der Waals surface area contributed by atoms with Gasteiger partial charge in [0.1, 0.15) is 0 Å². The van der Waals surface area contributed by atoms with Gasteiger partial charge in [-0.3, -0.25) is 10.1 Å². The Labute approximate surface area is 121 Å². The minimum absolute atomic E-state index is 0.0529. The van der Waals surface area contributed by atoms with Crippen molar-refractivity contribution >= 4 is 15.7 Å². The summed E-state index contributed by atoms with van der Waals surface area (Å²) in [6.07, 6.45) is -0.578. The molecule has 0 aliphatic heterocycles. The second-order valence-electron chi connectivity index (χ2n) is 4.29. The van der Waals surface area contributed by atoms with Crippen molar-refractivity contribution in [2.24, 2.45) is 0 Å². The van der Waals surface area contributed by atoms with Crippen LogP contribution in [0.2, 0.25) is 0 Å². The molecule has 0 aliphatic rings. The summed E-state index contributed by atoms with van der Waals surface area (Å²) in [5, 5.41) is 22.5. The van der Waals surface area contributed by atoms with Crippen molar-refractivity contribution in [3.05, 3.63) is 34.1 Å². The molecule has 0 bridgehead atoms. The average molecular weight is 321 g/mol. The highest BCUT2D eigenvalue weighted by atomic mass is 32.2. The molecule has 1 aromatic carbocycles. The zero-order chi connectivity index (χ0) is 16.0. The van der Waals surface area contributed by atoms with Gasteiger partial charge in [0.15, 0.2) is 4.90 Å². The lowest BCUT2D eigenvalue weighted by Gasteiger charge is -2.09. The number of nitro benzene ring substituents is 1. The average Bonchev–Trinajstić information content (AvgIpc) is 2.37. The van der Waals surface area contributed by atoms with Crippen LogP contribution in [0, 0.1) is 15.9 Å². The largest absolute Gasteiger partial charge is 0.392 e. The fraction of sp³-hybridized carbons (Fsp3) is 0.455. The Balaban J connectivity index is 2.80. The van der Waals surface area contributed by atoms with Crippen LogP contribution in [0.3, 0.4) is 0 Å². The van der Waals surface area contributed by atoms with E-state index in [1.807, 2.05) is 0 Å². The third-order valence-electron chi connectivity index (χ3n) is 2.46. The first-order valence-electron chi connectivity index (χ1n) is 6.07. The smallest absolute Gasteiger partial charge is 0.324 e. The van der Waals surface area contributed by atoms with Crippen molar-refractivity contribution in [1.29, 1.82) is 0 Å². The van der Waals surface area contributed by atoms with Crippen LogP contribution in [0.4, 0.5) is 10.1 Å². The maximum atomic E-state index is 13.4. The van der Waals surface area contributed by atoms with E-state index in [-0.39, 0.29) is 19.6 Å². The van der Waals surface area contributed by atoms with Crippen molar-refractivity contribution in [3.63, 3.8) is 0 Å². The summed E-state index contributed by atoms with van der Waals surface area (Å²) in [5.74, 6) is -1.21. The molecule has 10 heteroatoms. The van der Waals surface area contributed by atoms with Gasteiger partial charge < -0.3 is 10.4 Å². The van der Waals surface area contributed by atoms with Gasteiger partial charge in [0.25, 0.3) is 0 Å². The number of benzene rings is 1. The first-order chi connectivity index (χ1) is 9.75. The fourth-order valence-electron chi connectivity index (χ4n) is 1.55. The van der Waals surface area contributed by atoms with E-state index in [2.05, 4.69) is 10.0 Å². The van der Waals surface area contributed by atoms with E-state index in [4.69, 9.17) is 5.11 Å². The lowest BCUT2D eigenvalue weighted by Crippen LogP contribution is -2.34. The van der Waals surface area contributed by atoms with Crippen LogP contribution in [-0.2, 0) is 10.0 Å². The third kappa shape index (κ3) is 5.01. The van der Waals surface area contributed by atoms with Crippen LogP contribution in [0.1, 0.15) is 6.92 Å². The fourth-order valence-corrected chi connectivity index (χ4v) is 2.76. The maximum absolute atomic E-state index is 13.4. The Morgan fingerprint density at radius 2 is 2.10 bits per heavy atom. The van der Waals surface area contributed by atoms with E-state index in [0.29, 0.717) is 0 Å². The summed E-state index contributed by atoms with van der Waals surface area (Å²) in [6.45, 7) is 2.01. The van der Waals surface area contributed by atoms with Crippen LogP contribution < -0.4 is 10.0 Å². The highest BCUT2D eigenvalue weighted by molar-refractivity contribution is 7.89. The predicted molar refractivity (Wildman–Crippen MR) is 72.8 cm³/mol. The van der Waals surface area contributed by atoms with Gasteiger partial charge in [-0.25, -0.2) is 13.1 Å². The molecule has 0 radical (unpaired) electrons. The first-order valence-corrected chi connectivity index (χ1v) is 7.55. The summed E-state index contributed by atoms with van der Waals surface area (Å²) in [4.78, 5) is 8.98. The van der Waals surface area contributed by atoms with E-state index < -0.39 is 37.5 Å². The molecule has 1 unspecified atom stereocenters. The molecular weight excluding hydrogens is 305 g/mol. The minimum atomic E-state index is -4.19. The number of nitrogens with one attached hydrogen (secondary N) is 2. The third-order valence-corrected chi connectivity index (χ3v) is 3.95. The Kier molecular flexibility index (Phi) is 6.15. The van der Waals surface area contributed by atoms with Crippen molar-refractivity contribution in [2.75, 3.05) is 19.6 Å². The molecule has 0 spiro atoms. The summed E-state index contributed by atoms with van der Waals surface area (Å²) in [7, 11) is -4.19. The van der Waals surface area contributed by atoms with Crippen LogP contribution in [0.15, 0.2) is 23.1 Å². The van der Waals surface area contributed by atoms with Crippen molar-refractivity contribution in [1.82, 2.24) is 10.0 Å². The Morgan fingerprint density at radius 1 is 1.43 bits per heavy atom. The van der Waals surface area contributed by atoms with Gasteiger partial charge in [0, 0.05) is 19.6 Å². The Morgan fingerprint density at radius 3 is 2.67 bits per heavy atom. The summed E-state index contributed by atoms with van der Waals surface area (Å²) in [6, 6.07) is 2.87. The van der Waals surface area contributed by atoms with Crippen molar-refractivity contribution in [2.45, 2.75) is 17.9 Å². The van der Waals surface area contributed by atoms with Crippen LogP contribution in [-0.4, -0.2) is 44.2 Å². The molecule has 0 fully saturated rings. The molecule has 1 atom stereocenters. The van der Waals surface area contributed by atoms with Crippen LogP contribution in [0.5, 0.6) is 0 Å². The van der Waals surface area contributed by atoms with Gasteiger partial charge in [-0.15, -0.1) is 0 Å². The number of nitro groups is 1. The molecule has 8 nitrogen and oxygen atoms in total. The number of hydrogen-bond acceptors (Lipinski definition) is 6. The van der Waals surface area contributed by atoms with E-state index in [9.17, 15) is 22.9 Å². The van der Waals surface area contributed by atoms with E-state index in [0.717, 1.165) is 18.2 Å². The lowest BCUT2D eigenvalue weighted by molar-refractivity contribution is -0.390. The zero-order valence-corrected chi connectivity index (χ0v) is 12.1. The number of nitrogens with zero attached hydrogens (tertiary/aromatic N) is 1. The van der Waals surface area contributed by atoms with Gasteiger partial charge in [0.2, 0.25) is 15.8 Å². The summed E-state index contributed by atoms with van der Waals surface area (Å²) < 4.78 is 39.4. The topological polar surface area (TPSA) is 122 Å². The monoisotopic (exact) mass is 321 g/mol. The molecule has 118 valence electrons. The van der Waals surface area contributed by atoms with E-state index in [1.54, 1.807) is 6.92 Å². The van der Waals surface area contributed by atoms with Gasteiger partial charge in [0.05, 0.1) is 11.0 Å². The zero-order valence-electron chi connectivity index (χ0n) is 11.2. The van der Waals surface area contributed by atoms with E-state index in [1.165, 1.54) is 0 Å². The minimum Gasteiger partial charge on any atom is -0.392 e. The normalized spacial score (nSPS) is 13.1.